The Kier molecular flexibility index (Phi) is 2.43. The topological polar surface area (TPSA) is 49.9 Å². The van der Waals surface area contributed by atoms with Crippen LogP contribution in [0.3, 0.4) is 0 Å². The molecule has 0 bridgehead atoms. The highest BCUT2D eigenvalue weighted by Gasteiger charge is 2.59. The maximum Gasteiger partial charge on any atom is 0.104 e. The van der Waals surface area contributed by atoms with Gasteiger partial charge in [-0.05, 0) is 31.5 Å². The first-order chi connectivity index (χ1) is 9.55. The van der Waals surface area contributed by atoms with Crippen molar-refractivity contribution in [2.75, 3.05) is 11.9 Å². The number of benzene rings is 1. The highest BCUT2D eigenvalue weighted by Crippen LogP contribution is 2.53. The first kappa shape index (κ1) is 12.2. The second-order valence-electron chi connectivity index (χ2n) is 6.74. The molecule has 20 heavy (non-hydrogen) atoms. The second-order valence-corrected chi connectivity index (χ2v) is 6.74. The number of aromatic nitrogens is 2. The third kappa shape index (κ3) is 1.61. The summed E-state index contributed by atoms with van der Waals surface area (Å²) in [6, 6.07) is 6.86. The molecule has 1 aliphatic carbocycles. The van der Waals surface area contributed by atoms with Crippen molar-refractivity contribution in [2.24, 2.45) is 11.3 Å². The Balaban J connectivity index is 1.61. The summed E-state index contributed by atoms with van der Waals surface area (Å²) in [7, 11) is 0. The molecule has 1 aromatic carbocycles. The smallest absolute Gasteiger partial charge is 0.104 e. The first-order valence-electron chi connectivity index (χ1n) is 7.40. The maximum absolute atomic E-state index is 5.85. The summed E-state index contributed by atoms with van der Waals surface area (Å²) in [6.45, 7) is 7.50. The van der Waals surface area contributed by atoms with Gasteiger partial charge in [0, 0.05) is 29.7 Å². The number of aromatic amines is 1. The van der Waals surface area contributed by atoms with Gasteiger partial charge in [-0.25, -0.2) is 4.98 Å². The number of aryl methyl sites for hydroxylation is 1. The van der Waals surface area contributed by atoms with Gasteiger partial charge >= 0.3 is 0 Å². The van der Waals surface area contributed by atoms with Gasteiger partial charge in [-0.15, -0.1) is 0 Å². The largest absolute Gasteiger partial charge is 0.381 e. The van der Waals surface area contributed by atoms with Crippen molar-refractivity contribution in [3.8, 4) is 0 Å². The average molecular weight is 271 g/mol. The third-order valence-electron chi connectivity index (χ3n) is 5.02. The average Bonchev–Trinajstić information content (AvgIpc) is 2.99. The van der Waals surface area contributed by atoms with E-state index in [-0.39, 0.29) is 5.41 Å². The number of H-pyrrole nitrogens is 1. The lowest BCUT2D eigenvalue weighted by atomic mass is 9.57. The summed E-state index contributed by atoms with van der Waals surface area (Å²) in [5.74, 6) is 1.62. The summed E-state index contributed by atoms with van der Waals surface area (Å²) < 4.78 is 5.85. The molecule has 3 atom stereocenters. The van der Waals surface area contributed by atoms with Crippen LogP contribution in [0.5, 0.6) is 0 Å². The van der Waals surface area contributed by atoms with Crippen molar-refractivity contribution in [3.05, 3.63) is 24.0 Å². The molecular weight excluding hydrogens is 250 g/mol. The van der Waals surface area contributed by atoms with E-state index in [2.05, 4.69) is 47.3 Å². The Bertz CT molecular complexity index is 661. The molecule has 0 amide bonds. The fourth-order valence-electron chi connectivity index (χ4n) is 4.02. The Morgan fingerprint density at radius 1 is 1.40 bits per heavy atom. The van der Waals surface area contributed by atoms with E-state index < -0.39 is 0 Å². The molecule has 106 valence electrons. The maximum atomic E-state index is 5.85. The number of rotatable bonds is 2. The molecule has 4 heteroatoms. The van der Waals surface area contributed by atoms with Gasteiger partial charge in [0.2, 0.25) is 0 Å². The van der Waals surface area contributed by atoms with Crippen LogP contribution in [0.2, 0.25) is 0 Å². The quantitative estimate of drug-likeness (QED) is 0.882. The van der Waals surface area contributed by atoms with Gasteiger partial charge in [0.25, 0.3) is 0 Å². The van der Waals surface area contributed by atoms with Gasteiger partial charge in [0.15, 0.2) is 0 Å². The minimum atomic E-state index is 0.208. The molecule has 0 spiro atoms. The highest BCUT2D eigenvalue weighted by atomic mass is 16.5. The molecular formula is C16H21N3O. The predicted octanol–water partition coefficient (Wildman–Crippen LogP) is 3.10. The van der Waals surface area contributed by atoms with Crippen molar-refractivity contribution in [1.82, 2.24) is 9.97 Å². The molecule has 2 fully saturated rings. The molecule has 1 aliphatic heterocycles. The number of anilines is 1. The number of fused-ring (bicyclic) bond motifs is 2. The number of nitrogens with zero attached hydrogens (tertiary/aromatic N) is 1. The molecule has 2 aliphatic rings. The van der Waals surface area contributed by atoms with Crippen LogP contribution in [0.4, 0.5) is 5.69 Å². The van der Waals surface area contributed by atoms with E-state index in [1.54, 1.807) is 0 Å². The van der Waals surface area contributed by atoms with Crippen molar-refractivity contribution in [3.63, 3.8) is 0 Å². The third-order valence-corrected chi connectivity index (χ3v) is 5.02. The normalized spacial score (nSPS) is 31.1. The van der Waals surface area contributed by atoms with Crippen LogP contribution >= 0.6 is 0 Å². The van der Waals surface area contributed by atoms with Crippen molar-refractivity contribution in [2.45, 2.75) is 39.3 Å². The number of ether oxygens (including phenoxy) is 1. The lowest BCUT2D eigenvalue weighted by Crippen LogP contribution is -2.63. The fourth-order valence-corrected chi connectivity index (χ4v) is 4.02. The van der Waals surface area contributed by atoms with Crippen LogP contribution in [0.1, 0.15) is 26.1 Å². The zero-order chi connectivity index (χ0) is 13.9. The molecule has 1 aromatic heterocycles. The molecule has 3 unspecified atom stereocenters. The van der Waals surface area contributed by atoms with Crippen LogP contribution < -0.4 is 5.32 Å². The Morgan fingerprint density at radius 3 is 3.10 bits per heavy atom. The van der Waals surface area contributed by atoms with E-state index in [0.29, 0.717) is 18.1 Å². The van der Waals surface area contributed by atoms with E-state index >= 15 is 0 Å². The molecule has 2 N–H and O–H groups in total. The zero-order valence-electron chi connectivity index (χ0n) is 12.2. The van der Waals surface area contributed by atoms with Gasteiger partial charge in [-0.3, -0.25) is 0 Å². The summed E-state index contributed by atoms with van der Waals surface area (Å²) in [5, 5.41) is 3.71. The Morgan fingerprint density at radius 2 is 2.25 bits per heavy atom. The summed E-state index contributed by atoms with van der Waals surface area (Å²) >= 11 is 0. The fraction of sp³-hybridized carbons (Fsp3) is 0.562. The lowest BCUT2D eigenvalue weighted by molar-refractivity contribution is -0.0923. The first-order valence-corrected chi connectivity index (χ1v) is 7.40. The van der Waals surface area contributed by atoms with Gasteiger partial charge in [-0.2, -0.15) is 0 Å². The number of hydrogen-bond acceptors (Lipinski definition) is 3. The summed E-state index contributed by atoms with van der Waals surface area (Å²) in [5.41, 5.74) is 3.51. The Hall–Kier alpha value is -1.55. The molecule has 2 aromatic rings. The monoisotopic (exact) mass is 271 g/mol. The van der Waals surface area contributed by atoms with Gasteiger partial charge in [0.1, 0.15) is 5.82 Å². The van der Waals surface area contributed by atoms with Crippen molar-refractivity contribution in [1.29, 1.82) is 0 Å². The van der Waals surface area contributed by atoms with Crippen LogP contribution in [0.25, 0.3) is 11.0 Å². The van der Waals surface area contributed by atoms with Gasteiger partial charge < -0.3 is 15.0 Å². The van der Waals surface area contributed by atoms with Crippen LogP contribution in [0, 0.1) is 18.3 Å². The molecule has 2 heterocycles. The molecule has 0 radical (unpaired) electrons. The lowest BCUT2D eigenvalue weighted by Gasteiger charge is -2.55. The van der Waals surface area contributed by atoms with Crippen LogP contribution in [-0.4, -0.2) is 28.7 Å². The standard InChI is InChI=1S/C16H21N3O/c1-9-17-12-5-4-10(8-13(12)18-9)19-14-11-6-7-20-15(11)16(14,2)3/h4-5,8,11,14-15,19H,6-7H2,1-3H3,(H,17,18). The van der Waals surface area contributed by atoms with Gasteiger partial charge in [-0.1, -0.05) is 13.8 Å². The van der Waals surface area contributed by atoms with Crippen molar-refractivity contribution < 1.29 is 4.74 Å². The molecule has 1 saturated heterocycles. The number of nitrogens with one attached hydrogen (secondary N) is 2. The number of hydrogen-bond donors (Lipinski definition) is 2. The second kappa shape index (κ2) is 3.98. The summed E-state index contributed by atoms with van der Waals surface area (Å²) in [6.07, 6.45) is 1.61. The van der Waals surface area contributed by atoms with Crippen LogP contribution in [-0.2, 0) is 4.74 Å². The van der Waals surface area contributed by atoms with E-state index in [1.807, 2.05) is 6.92 Å². The van der Waals surface area contributed by atoms with E-state index in [0.717, 1.165) is 23.5 Å². The summed E-state index contributed by atoms with van der Waals surface area (Å²) in [4.78, 5) is 7.75. The minimum Gasteiger partial charge on any atom is -0.381 e. The van der Waals surface area contributed by atoms with E-state index in [4.69, 9.17) is 4.74 Å². The van der Waals surface area contributed by atoms with Crippen molar-refractivity contribution >= 4 is 16.7 Å². The SMILES string of the molecule is Cc1nc2ccc(NC3C4CCOC4C3(C)C)cc2[nH]1. The van der Waals surface area contributed by atoms with Crippen LogP contribution in [0.15, 0.2) is 18.2 Å². The predicted molar refractivity (Wildman–Crippen MR) is 79.9 cm³/mol. The minimum absolute atomic E-state index is 0.208. The van der Waals surface area contributed by atoms with E-state index in [1.165, 1.54) is 12.1 Å². The Labute approximate surface area is 118 Å². The molecule has 1 saturated carbocycles. The molecule has 4 rings (SSSR count). The highest BCUT2D eigenvalue weighted by molar-refractivity contribution is 5.79. The molecule has 4 nitrogen and oxygen atoms in total. The zero-order valence-corrected chi connectivity index (χ0v) is 12.2. The number of imidazole rings is 1. The van der Waals surface area contributed by atoms with E-state index in [9.17, 15) is 0 Å². The van der Waals surface area contributed by atoms with Gasteiger partial charge in [0.05, 0.1) is 17.1 Å².